The lowest BCUT2D eigenvalue weighted by atomic mass is 10.2. The van der Waals surface area contributed by atoms with Crippen LogP contribution in [0.2, 0.25) is 0 Å². The molecule has 0 bridgehead atoms. The molecule has 1 aromatic heterocycles. The number of fused-ring (bicyclic) bond motifs is 1. The van der Waals surface area contributed by atoms with E-state index in [9.17, 15) is 9.18 Å². The molecule has 2 N–H and O–H groups in total. The largest absolute Gasteiger partial charge is 0.368 e. The summed E-state index contributed by atoms with van der Waals surface area (Å²) in [6, 6.07) is 21.2. The molecule has 0 saturated carbocycles. The Bertz CT molecular complexity index is 1210. The van der Waals surface area contributed by atoms with Gasteiger partial charge in [0.25, 0.3) is 5.91 Å². The van der Waals surface area contributed by atoms with E-state index in [2.05, 4.69) is 31.5 Å². The molecule has 1 amide bonds. The molecule has 7 heteroatoms. The van der Waals surface area contributed by atoms with E-state index in [1.807, 2.05) is 48.5 Å². The zero-order valence-corrected chi connectivity index (χ0v) is 17.5. The van der Waals surface area contributed by atoms with Crippen LogP contribution in [0, 0.1) is 5.82 Å². The number of aromatic nitrogens is 2. The number of hydrogen-bond donors (Lipinski definition) is 2. The van der Waals surface area contributed by atoms with Crippen LogP contribution in [-0.2, 0) is 0 Å². The molecule has 0 unspecified atom stereocenters. The smallest absolute Gasteiger partial charge is 0.251 e. The fourth-order valence-electron chi connectivity index (χ4n) is 3.06. The first-order valence-corrected chi connectivity index (χ1v) is 10.2. The summed E-state index contributed by atoms with van der Waals surface area (Å²) in [5.74, 6) is 0.545. The first-order chi connectivity index (χ1) is 14.6. The molecule has 0 radical (unpaired) electrons. The number of amides is 1. The van der Waals surface area contributed by atoms with Crippen molar-refractivity contribution < 1.29 is 9.18 Å². The first-order valence-electron chi connectivity index (χ1n) is 9.40. The molecule has 4 rings (SSSR count). The van der Waals surface area contributed by atoms with E-state index in [1.54, 1.807) is 6.07 Å². The zero-order valence-electron chi connectivity index (χ0n) is 15.9. The summed E-state index contributed by atoms with van der Waals surface area (Å²) in [6.45, 7) is 0.819. The summed E-state index contributed by atoms with van der Waals surface area (Å²) in [5, 5.41) is 6.96. The van der Waals surface area contributed by atoms with E-state index >= 15 is 0 Å². The summed E-state index contributed by atoms with van der Waals surface area (Å²) >= 11 is 3.48. The Balaban J connectivity index is 1.50. The first kappa shape index (κ1) is 20.0. The number of hydrogen-bond acceptors (Lipinski definition) is 4. The molecule has 150 valence electrons. The number of para-hydroxylation sites is 1. The lowest BCUT2D eigenvalue weighted by Crippen LogP contribution is -2.29. The maximum atomic E-state index is 13.3. The number of benzene rings is 3. The van der Waals surface area contributed by atoms with E-state index < -0.39 is 5.82 Å². The maximum absolute atomic E-state index is 13.3. The van der Waals surface area contributed by atoms with Gasteiger partial charge < -0.3 is 10.6 Å². The summed E-state index contributed by atoms with van der Waals surface area (Å²) in [7, 11) is 0. The second-order valence-electron chi connectivity index (χ2n) is 6.62. The van der Waals surface area contributed by atoms with Crippen molar-refractivity contribution >= 4 is 38.6 Å². The average Bonchev–Trinajstić information content (AvgIpc) is 2.76. The number of rotatable bonds is 6. The van der Waals surface area contributed by atoms with Crippen LogP contribution < -0.4 is 10.6 Å². The number of carbonyl (C=O) groups excluding carboxylic acids is 1. The van der Waals surface area contributed by atoms with Crippen LogP contribution in [0.4, 0.5) is 10.2 Å². The van der Waals surface area contributed by atoms with Gasteiger partial charge in [-0.15, -0.1) is 0 Å². The van der Waals surface area contributed by atoms with Gasteiger partial charge in [-0.2, -0.15) is 0 Å². The monoisotopic (exact) mass is 464 g/mol. The van der Waals surface area contributed by atoms with Crippen LogP contribution in [0.1, 0.15) is 10.4 Å². The minimum Gasteiger partial charge on any atom is -0.368 e. The standard InChI is InChI=1S/C23H18BrFN4O/c24-17-7-3-5-15(13-17)21-28-20-10-2-1-9-19(20)22(29-21)26-11-12-27-23(30)16-6-4-8-18(25)14-16/h1-10,13-14H,11-12H2,(H,27,30)(H,26,28,29). The van der Waals surface area contributed by atoms with Gasteiger partial charge in [0.15, 0.2) is 5.82 Å². The minimum atomic E-state index is -0.437. The summed E-state index contributed by atoms with van der Waals surface area (Å²) in [6.07, 6.45) is 0. The quantitative estimate of drug-likeness (QED) is 0.392. The number of nitrogens with one attached hydrogen (secondary N) is 2. The van der Waals surface area contributed by atoms with Crippen LogP contribution in [-0.4, -0.2) is 29.0 Å². The Morgan fingerprint density at radius 2 is 1.77 bits per heavy atom. The fraction of sp³-hybridized carbons (Fsp3) is 0.0870. The van der Waals surface area contributed by atoms with E-state index in [0.717, 1.165) is 20.9 Å². The molecule has 0 aliphatic heterocycles. The van der Waals surface area contributed by atoms with Crippen molar-refractivity contribution in [3.63, 3.8) is 0 Å². The average molecular weight is 465 g/mol. The molecule has 0 atom stereocenters. The third kappa shape index (κ3) is 4.63. The van der Waals surface area contributed by atoms with Gasteiger partial charge in [0.2, 0.25) is 0 Å². The normalized spacial score (nSPS) is 10.7. The Labute approximate surface area is 181 Å². The van der Waals surface area contributed by atoms with Gasteiger partial charge in [0.1, 0.15) is 11.6 Å². The topological polar surface area (TPSA) is 66.9 Å². The van der Waals surface area contributed by atoms with E-state index in [1.165, 1.54) is 18.2 Å². The van der Waals surface area contributed by atoms with E-state index in [4.69, 9.17) is 4.98 Å². The van der Waals surface area contributed by atoms with Crippen LogP contribution in [0.25, 0.3) is 22.3 Å². The molecule has 0 aliphatic rings. The Morgan fingerprint density at radius 1 is 0.933 bits per heavy atom. The highest BCUT2D eigenvalue weighted by atomic mass is 79.9. The molecule has 4 aromatic rings. The molecule has 1 heterocycles. The molecule has 0 saturated heterocycles. The minimum absolute atomic E-state index is 0.291. The molecule has 5 nitrogen and oxygen atoms in total. The highest BCUT2D eigenvalue weighted by molar-refractivity contribution is 9.10. The van der Waals surface area contributed by atoms with Crippen molar-refractivity contribution in [1.82, 2.24) is 15.3 Å². The van der Waals surface area contributed by atoms with E-state index in [0.29, 0.717) is 30.3 Å². The molecule has 0 spiro atoms. The molecule has 3 aromatic carbocycles. The molecule has 0 fully saturated rings. The number of anilines is 1. The van der Waals surface area contributed by atoms with Crippen LogP contribution >= 0.6 is 15.9 Å². The Kier molecular flexibility index (Phi) is 5.99. The van der Waals surface area contributed by atoms with Crippen molar-refractivity contribution in [2.45, 2.75) is 0 Å². The van der Waals surface area contributed by atoms with Crippen molar-refractivity contribution in [1.29, 1.82) is 0 Å². The maximum Gasteiger partial charge on any atom is 0.251 e. The molecular formula is C23H18BrFN4O. The Hall–Kier alpha value is -3.32. The van der Waals surface area contributed by atoms with Crippen LogP contribution in [0.5, 0.6) is 0 Å². The third-order valence-corrected chi connectivity index (χ3v) is 4.97. The number of halogens is 2. The highest BCUT2D eigenvalue weighted by Gasteiger charge is 2.10. The van der Waals surface area contributed by atoms with Gasteiger partial charge in [-0.05, 0) is 42.5 Å². The van der Waals surface area contributed by atoms with Crippen molar-refractivity contribution in [3.8, 4) is 11.4 Å². The zero-order chi connectivity index (χ0) is 20.9. The molecule has 30 heavy (non-hydrogen) atoms. The van der Waals surface area contributed by atoms with Gasteiger partial charge >= 0.3 is 0 Å². The Morgan fingerprint density at radius 3 is 2.60 bits per heavy atom. The predicted molar refractivity (Wildman–Crippen MR) is 120 cm³/mol. The molecular weight excluding hydrogens is 447 g/mol. The lowest BCUT2D eigenvalue weighted by molar-refractivity contribution is 0.0954. The van der Waals surface area contributed by atoms with Crippen molar-refractivity contribution in [2.75, 3.05) is 18.4 Å². The van der Waals surface area contributed by atoms with Gasteiger partial charge in [0, 0.05) is 34.1 Å². The van der Waals surface area contributed by atoms with Gasteiger partial charge in [-0.3, -0.25) is 4.79 Å². The summed E-state index contributed by atoms with van der Waals surface area (Å²) in [4.78, 5) is 21.5. The van der Waals surface area contributed by atoms with Crippen LogP contribution in [0.15, 0.2) is 77.3 Å². The predicted octanol–water partition coefficient (Wildman–Crippen LogP) is 5.04. The van der Waals surface area contributed by atoms with Gasteiger partial charge in [-0.25, -0.2) is 14.4 Å². The van der Waals surface area contributed by atoms with Gasteiger partial charge in [-0.1, -0.05) is 46.3 Å². The van der Waals surface area contributed by atoms with Crippen molar-refractivity contribution in [3.05, 3.63) is 88.6 Å². The van der Waals surface area contributed by atoms with E-state index in [-0.39, 0.29) is 5.91 Å². The highest BCUT2D eigenvalue weighted by Crippen LogP contribution is 2.26. The fourth-order valence-corrected chi connectivity index (χ4v) is 3.46. The second kappa shape index (κ2) is 9.00. The van der Waals surface area contributed by atoms with Gasteiger partial charge in [0.05, 0.1) is 5.52 Å². The summed E-state index contributed by atoms with van der Waals surface area (Å²) in [5.41, 5.74) is 2.02. The van der Waals surface area contributed by atoms with Crippen molar-refractivity contribution in [2.24, 2.45) is 0 Å². The SMILES string of the molecule is O=C(NCCNc1nc(-c2cccc(Br)c2)nc2ccccc12)c1cccc(F)c1. The summed E-state index contributed by atoms with van der Waals surface area (Å²) < 4.78 is 14.2. The number of carbonyl (C=O) groups is 1. The second-order valence-corrected chi connectivity index (χ2v) is 7.53. The molecule has 0 aliphatic carbocycles. The third-order valence-electron chi connectivity index (χ3n) is 4.48. The van der Waals surface area contributed by atoms with Crippen LogP contribution in [0.3, 0.4) is 0 Å². The number of nitrogens with zero attached hydrogens (tertiary/aromatic N) is 2. The lowest BCUT2D eigenvalue weighted by Gasteiger charge is -2.12.